The van der Waals surface area contributed by atoms with Gasteiger partial charge in [0.05, 0.1) is 12.1 Å². The van der Waals surface area contributed by atoms with E-state index >= 15 is 0 Å². The maximum Gasteiger partial charge on any atom is 0.235 e. The average molecular weight is 216 g/mol. The molecule has 4 heteroatoms. The van der Waals surface area contributed by atoms with Gasteiger partial charge in [0.1, 0.15) is 0 Å². The van der Waals surface area contributed by atoms with Crippen molar-refractivity contribution in [3.63, 3.8) is 0 Å². The van der Waals surface area contributed by atoms with Crippen molar-refractivity contribution in [2.75, 3.05) is 0 Å². The fourth-order valence-electron chi connectivity index (χ4n) is 1.35. The Morgan fingerprint density at radius 2 is 2.00 bits per heavy atom. The third-order valence-electron chi connectivity index (χ3n) is 2.28. The Hall–Kier alpha value is -2.02. The maximum atomic E-state index is 10.3. The number of isocyanates is 2. The van der Waals surface area contributed by atoms with Crippen molar-refractivity contribution in [1.29, 1.82) is 0 Å². The minimum absolute atomic E-state index is 0.290. The quantitative estimate of drug-likeness (QED) is 0.571. The van der Waals surface area contributed by atoms with Crippen molar-refractivity contribution < 1.29 is 9.59 Å². The minimum atomic E-state index is -0.608. The summed E-state index contributed by atoms with van der Waals surface area (Å²) in [6.07, 6.45) is 3.05. The Morgan fingerprint density at radius 1 is 1.25 bits per heavy atom. The number of benzene rings is 1. The van der Waals surface area contributed by atoms with E-state index in [0.29, 0.717) is 0 Å². The van der Waals surface area contributed by atoms with Crippen molar-refractivity contribution in [3.05, 3.63) is 35.4 Å². The molecule has 0 N–H and O–H groups in total. The van der Waals surface area contributed by atoms with Crippen LogP contribution in [-0.2, 0) is 21.7 Å². The molecule has 0 bridgehead atoms. The number of carbonyl (C=O) groups excluding carboxylic acids is 2. The van der Waals surface area contributed by atoms with Crippen LogP contribution in [0.15, 0.2) is 34.3 Å². The van der Waals surface area contributed by atoms with Crippen LogP contribution in [0.4, 0.5) is 0 Å². The summed E-state index contributed by atoms with van der Waals surface area (Å²) in [6.45, 7) is 3.93. The first kappa shape index (κ1) is 12.1. The van der Waals surface area contributed by atoms with E-state index in [4.69, 9.17) is 0 Å². The fraction of sp³-hybridized carbons (Fsp3) is 0.333. The van der Waals surface area contributed by atoms with Crippen LogP contribution in [0.1, 0.15) is 25.0 Å². The Kier molecular flexibility index (Phi) is 3.90. The first-order valence-corrected chi connectivity index (χ1v) is 4.82. The molecule has 0 heterocycles. The summed E-state index contributed by atoms with van der Waals surface area (Å²) in [5, 5.41) is 0. The average Bonchev–Trinajstić information content (AvgIpc) is 2.27. The summed E-state index contributed by atoms with van der Waals surface area (Å²) in [5.41, 5.74) is 1.16. The molecule has 0 saturated carbocycles. The third-order valence-corrected chi connectivity index (χ3v) is 2.28. The van der Waals surface area contributed by atoms with Gasteiger partial charge in [-0.25, -0.2) is 14.6 Å². The predicted molar refractivity (Wildman–Crippen MR) is 59.4 cm³/mol. The summed E-state index contributed by atoms with van der Waals surface area (Å²) in [6, 6.07) is 7.43. The van der Waals surface area contributed by atoms with Gasteiger partial charge in [-0.15, -0.1) is 0 Å². The van der Waals surface area contributed by atoms with Gasteiger partial charge < -0.3 is 0 Å². The van der Waals surface area contributed by atoms with Crippen LogP contribution in [0.3, 0.4) is 0 Å². The van der Waals surface area contributed by atoms with Crippen LogP contribution in [0, 0.1) is 0 Å². The zero-order valence-electron chi connectivity index (χ0n) is 9.23. The van der Waals surface area contributed by atoms with Gasteiger partial charge in [-0.2, -0.15) is 4.99 Å². The summed E-state index contributed by atoms with van der Waals surface area (Å²) >= 11 is 0. The van der Waals surface area contributed by atoms with Crippen molar-refractivity contribution >= 4 is 12.2 Å². The second kappa shape index (κ2) is 5.17. The highest BCUT2D eigenvalue weighted by Crippen LogP contribution is 2.24. The molecule has 0 atom stereocenters. The van der Waals surface area contributed by atoms with Crippen LogP contribution >= 0.6 is 0 Å². The lowest BCUT2D eigenvalue weighted by Crippen LogP contribution is -2.13. The highest BCUT2D eigenvalue weighted by molar-refractivity contribution is 5.39. The third kappa shape index (κ3) is 2.99. The molecule has 0 aromatic heterocycles. The van der Waals surface area contributed by atoms with E-state index in [2.05, 4.69) is 9.98 Å². The molecule has 0 radical (unpaired) electrons. The van der Waals surface area contributed by atoms with Crippen LogP contribution < -0.4 is 0 Å². The van der Waals surface area contributed by atoms with E-state index in [1.54, 1.807) is 6.08 Å². The van der Waals surface area contributed by atoms with E-state index in [0.717, 1.165) is 11.1 Å². The summed E-state index contributed by atoms with van der Waals surface area (Å²) in [4.78, 5) is 27.5. The molecule has 1 aromatic rings. The summed E-state index contributed by atoms with van der Waals surface area (Å²) in [5.74, 6) is 0. The van der Waals surface area contributed by atoms with E-state index in [9.17, 15) is 9.59 Å². The smallest absolute Gasteiger partial charge is 0.211 e. The molecule has 0 aliphatic heterocycles. The van der Waals surface area contributed by atoms with Crippen molar-refractivity contribution in [2.45, 2.75) is 25.9 Å². The molecule has 82 valence electrons. The van der Waals surface area contributed by atoms with Gasteiger partial charge >= 0.3 is 0 Å². The first-order valence-electron chi connectivity index (χ1n) is 4.82. The number of nitrogens with zero attached hydrogens (tertiary/aromatic N) is 2. The Labute approximate surface area is 93.7 Å². The van der Waals surface area contributed by atoms with E-state index in [-0.39, 0.29) is 6.54 Å². The molecule has 0 aliphatic rings. The topological polar surface area (TPSA) is 58.9 Å². The van der Waals surface area contributed by atoms with Crippen molar-refractivity contribution in [2.24, 2.45) is 9.98 Å². The Bertz CT molecular complexity index is 468. The van der Waals surface area contributed by atoms with Gasteiger partial charge in [-0.1, -0.05) is 24.3 Å². The lowest BCUT2D eigenvalue weighted by atomic mass is 9.94. The molecule has 16 heavy (non-hydrogen) atoms. The van der Waals surface area contributed by atoms with Crippen molar-refractivity contribution in [3.8, 4) is 0 Å². The lowest BCUT2D eigenvalue weighted by molar-refractivity contribution is 0.522. The molecule has 1 aromatic carbocycles. The molecule has 4 nitrogen and oxygen atoms in total. The van der Waals surface area contributed by atoms with Crippen LogP contribution in [0.25, 0.3) is 0 Å². The van der Waals surface area contributed by atoms with Crippen molar-refractivity contribution in [1.82, 2.24) is 0 Å². The lowest BCUT2D eigenvalue weighted by Gasteiger charge is -2.18. The second-order valence-corrected chi connectivity index (χ2v) is 3.87. The summed E-state index contributed by atoms with van der Waals surface area (Å²) in [7, 11) is 0. The van der Waals surface area contributed by atoms with E-state index in [1.807, 2.05) is 38.1 Å². The van der Waals surface area contributed by atoms with Gasteiger partial charge in [0, 0.05) is 0 Å². The highest BCUT2D eigenvalue weighted by Gasteiger charge is 2.19. The monoisotopic (exact) mass is 216 g/mol. The molecule has 0 fully saturated rings. The number of hydrogen-bond donors (Lipinski definition) is 0. The molecule has 0 unspecified atom stereocenters. The van der Waals surface area contributed by atoms with Gasteiger partial charge in [0.2, 0.25) is 12.2 Å². The Balaban J connectivity index is 3.06. The zero-order chi connectivity index (χ0) is 12.0. The standard InChI is InChI=1S/C12H12N2O2/c1-12(2,14-9-16)11-5-3-4-10(6-11)7-13-8-15/h3-6H,7H2,1-2H3. The van der Waals surface area contributed by atoms with Crippen LogP contribution in [0.5, 0.6) is 0 Å². The van der Waals surface area contributed by atoms with Gasteiger partial charge in [0.15, 0.2) is 0 Å². The van der Waals surface area contributed by atoms with Gasteiger partial charge in [-0.05, 0) is 25.0 Å². The van der Waals surface area contributed by atoms with E-state index < -0.39 is 5.54 Å². The van der Waals surface area contributed by atoms with Gasteiger partial charge in [-0.3, -0.25) is 0 Å². The Morgan fingerprint density at radius 3 is 2.62 bits per heavy atom. The maximum absolute atomic E-state index is 10.3. The van der Waals surface area contributed by atoms with Crippen LogP contribution in [-0.4, -0.2) is 12.2 Å². The second-order valence-electron chi connectivity index (χ2n) is 3.87. The SMILES string of the molecule is CC(C)(N=C=O)c1cccc(CN=C=O)c1. The number of aliphatic imine (C=N–C) groups is 2. The summed E-state index contributed by atoms with van der Waals surface area (Å²) < 4.78 is 0. The molecule has 0 aliphatic carbocycles. The first-order chi connectivity index (χ1) is 7.60. The number of rotatable bonds is 4. The molecule has 0 spiro atoms. The number of hydrogen-bond acceptors (Lipinski definition) is 4. The molecular formula is C12H12N2O2. The predicted octanol–water partition coefficient (Wildman–Crippen LogP) is 2.09. The zero-order valence-corrected chi connectivity index (χ0v) is 9.23. The molecule has 1 rings (SSSR count). The molecule has 0 amide bonds. The minimum Gasteiger partial charge on any atom is -0.211 e. The molecular weight excluding hydrogens is 204 g/mol. The normalized spacial score (nSPS) is 10.1. The van der Waals surface area contributed by atoms with Gasteiger partial charge in [0.25, 0.3) is 0 Å². The largest absolute Gasteiger partial charge is 0.235 e. The van der Waals surface area contributed by atoms with E-state index in [1.165, 1.54) is 6.08 Å². The highest BCUT2D eigenvalue weighted by atomic mass is 16.1. The van der Waals surface area contributed by atoms with Crippen LogP contribution in [0.2, 0.25) is 0 Å². The molecule has 0 saturated heterocycles. The fourth-order valence-corrected chi connectivity index (χ4v) is 1.35.